The molecular weight excluding hydrogens is 528 g/mol. The number of nitrogen functional groups attached to an aromatic ring is 1. The number of sulfonamides is 1. The lowest BCUT2D eigenvalue weighted by molar-refractivity contribution is 0.0691. The highest BCUT2D eigenvalue weighted by Crippen LogP contribution is 2.39. The van der Waals surface area contributed by atoms with Gasteiger partial charge in [0.2, 0.25) is 0 Å². The smallest absolute Gasteiger partial charge is 0.338 e. The summed E-state index contributed by atoms with van der Waals surface area (Å²) < 4.78 is 58.8. The first-order valence-corrected chi connectivity index (χ1v) is 13.1. The van der Waals surface area contributed by atoms with Gasteiger partial charge in [0.05, 0.1) is 21.7 Å². The Hall–Kier alpha value is -3.77. The first-order chi connectivity index (χ1) is 17.6. The lowest BCUT2D eigenvalue weighted by Gasteiger charge is -2.12. The maximum Gasteiger partial charge on any atom is 0.338 e. The molecule has 1 aliphatic rings. The zero-order valence-electron chi connectivity index (χ0n) is 19.1. The van der Waals surface area contributed by atoms with Crippen LogP contribution < -0.4 is 10.5 Å². The minimum Gasteiger partial charge on any atom is -0.478 e. The maximum absolute atomic E-state index is 15.2. The second kappa shape index (κ2) is 9.27. The van der Waals surface area contributed by atoms with Crippen molar-refractivity contribution in [1.29, 1.82) is 0 Å². The van der Waals surface area contributed by atoms with Crippen LogP contribution in [0.3, 0.4) is 0 Å². The molecule has 13 heteroatoms. The molecule has 0 bridgehead atoms. The Balaban J connectivity index is 1.53. The number of carbonyl (C=O) groups is 1. The molecule has 1 fully saturated rings. The van der Waals surface area contributed by atoms with Gasteiger partial charge in [-0.2, -0.15) is 0 Å². The fourth-order valence-corrected chi connectivity index (χ4v) is 6.26. The second-order valence-corrected chi connectivity index (χ2v) is 10.8. The highest BCUT2D eigenvalue weighted by Gasteiger charge is 2.26. The van der Waals surface area contributed by atoms with Crippen molar-refractivity contribution < 1.29 is 27.1 Å². The molecule has 4 aromatic rings. The van der Waals surface area contributed by atoms with Crippen LogP contribution in [0.15, 0.2) is 47.8 Å². The molecule has 0 saturated heterocycles. The second-order valence-electron chi connectivity index (χ2n) is 8.71. The van der Waals surface area contributed by atoms with E-state index in [2.05, 4.69) is 9.97 Å². The molecular formula is C24H20ClF2N5O4S. The molecule has 0 amide bonds. The van der Waals surface area contributed by atoms with Gasteiger partial charge < -0.3 is 15.4 Å². The van der Waals surface area contributed by atoms with Crippen molar-refractivity contribution in [3.8, 4) is 11.1 Å². The minimum atomic E-state index is -4.56. The molecule has 2 aromatic carbocycles. The summed E-state index contributed by atoms with van der Waals surface area (Å²) in [5, 5.41) is 9.12. The van der Waals surface area contributed by atoms with Gasteiger partial charge in [0.15, 0.2) is 0 Å². The van der Waals surface area contributed by atoms with Crippen molar-refractivity contribution in [1.82, 2.24) is 14.5 Å². The number of nitrogens with one attached hydrogen (secondary N) is 1. The number of rotatable bonds is 6. The van der Waals surface area contributed by atoms with Gasteiger partial charge in [-0.3, -0.25) is 4.72 Å². The van der Waals surface area contributed by atoms with Crippen molar-refractivity contribution in [2.24, 2.45) is 0 Å². The topological polar surface area (TPSA) is 140 Å². The standard InChI is InChI=1S/C24H20ClF2N5O4S/c25-16-9-17(26)14(24(33)34)8-20(16)37(35,36)31-19-6-5-12(7-18(19)27)15-10-32(13-3-1-2-4-13)23-21(15)22(28)29-11-30-23/h5-11,13,31H,1-4H2,(H,33,34)(H2,28,29,30). The van der Waals surface area contributed by atoms with Crippen LogP contribution in [0.5, 0.6) is 0 Å². The van der Waals surface area contributed by atoms with Crippen LogP contribution in [0.4, 0.5) is 20.3 Å². The third kappa shape index (κ3) is 4.46. The Bertz CT molecular complexity index is 1670. The van der Waals surface area contributed by atoms with E-state index in [9.17, 15) is 17.6 Å². The zero-order chi connectivity index (χ0) is 26.5. The van der Waals surface area contributed by atoms with E-state index < -0.39 is 48.8 Å². The van der Waals surface area contributed by atoms with Gasteiger partial charge in [-0.05, 0) is 42.7 Å². The predicted octanol–water partition coefficient (Wildman–Crippen LogP) is 5.23. The quantitative estimate of drug-likeness (QED) is 0.300. The van der Waals surface area contributed by atoms with Crippen LogP contribution in [-0.4, -0.2) is 34.0 Å². The molecule has 0 aliphatic heterocycles. The first-order valence-electron chi connectivity index (χ1n) is 11.2. The SMILES string of the molecule is Nc1ncnc2c1c(-c1ccc(NS(=O)(=O)c3cc(C(=O)O)c(F)cc3Cl)c(F)c1)cn2C1CCCC1. The average molecular weight is 548 g/mol. The van der Waals surface area contributed by atoms with Crippen LogP contribution in [0.2, 0.25) is 5.02 Å². The summed E-state index contributed by atoms with van der Waals surface area (Å²) >= 11 is 5.86. The van der Waals surface area contributed by atoms with Crippen LogP contribution in [0, 0.1) is 11.6 Å². The fourth-order valence-electron chi connectivity index (χ4n) is 4.65. The average Bonchev–Trinajstić information content (AvgIpc) is 3.48. The zero-order valence-corrected chi connectivity index (χ0v) is 20.7. The number of anilines is 2. The van der Waals surface area contributed by atoms with Crippen LogP contribution in [0.1, 0.15) is 42.1 Å². The van der Waals surface area contributed by atoms with E-state index in [1.165, 1.54) is 18.5 Å². The molecule has 37 heavy (non-hydrogen) atoms. The molecule has 9 nitrogen and oxygen atoms in total. The van der Waals surface area contributed by atoms with Gasteiger partial charge >= 0.3 is 5.97 Å². The van der Waals surface area contributed by atoms with Gasteiger partial charge in [0.25, 0.3) is 10.0 Å². The lowest BCUT2D eigenvalue weighted by atomic mass is 10.1. The monoisotopic (exact) mass is 547 g/mol. The Kier molecular flexibility index (Phi) is 6.24. The normalized spacial score (nSPS) is 14.4. The Morgan fingerprint density at radius 3 is 2.54 bits per heavy atom. The molecule has 1 aliphatic carbocycles. The van der Waals surface area contributed by atoms with E-state index in [1.54, 1.807) is 0 Å². The summed E-state index contributed by atoms with van der Waals surface area (Å²) in [4.78, 5) is 19.0. The summed E-state index contributed by atoms with van der Waals surface area (Å²) in [6, 6.07) is 5.26. The van der Waals surface area contributed by atoms with Crippen molar-refractivity contribution >= 4 is 50.1 Å². The molecule has 192 valence electrons. The summed E-state index contributed by atoms with van der Waals surface area (Å²) in [6.45, 7) is 0. The summed E-state index contributed by atoms with van der Waals surface area (Å²) in [5.74, 6) is -3.55. The first kappa shape index (κ1) is 24.9. The summed E-state index contributed by atoms with van der Waals surface area (Å²) in [6.07, 6.45) is 7.39. The Morgan fingerprint density at radius 2 is 1.86 bits per heavy atom. The number of benzene rings is 2. The molecule has 2 heterocycles. The predicted molar refractivity (Wildman–Crippen MR) is 134 cm³/mol. The Labute approximate surface area is 215 Å². The number of hydrogen-bond donors (Lipinski definition) is 3. The van der Waals surface area contributed by atoms with Crippen LogP contribution >= 0.6 is 11.6 Å². The molecule has 4 N–H and O–H groups in total. The number of carboxylic acids is 1. The molecule has 0 spiro atoms. The molecule has 5 rings (SSSR count). The van der Waals surface area contributed by atoms with Gasteiger partial charge in [-0.25, -0.2) is 32.0 Å². The summed E-state index contributed by atoms with van der Waals surface area (Å²) in [5.41, 5.74) is 6.51. The highest BCUT2D eigenvalue weighted by molar-refractivity contribution is 7.92. The van der Waals surface area contributed by atoms with E-state index in [0.717, 1.165) is 31.7 Å². The van der Waals surface area contributed by atoms with Crippen LogP contribution in [0.25, 0.3) is 22.2 Å². The number of aromatic nitrogens is 3. The highest BCUT2D eigenvalue weighted by atomic mass is 35.5. The number of fused-ring (bicyclic) bond motifs is 1. The Morgan fingerprint density at radius 1 is 1.14 bits per heavy atom. The third-order valence-corrected chi connectivity index (χ3v) is 8.25. The van der Waals surface area contributed by atoms with Crippen LogP contribution in [-0.2, 0) is 10.0 Å². The van der Waals surface area contributed by atoms with Gasteiger partial charge in [-0.15, -0.1) is 0 Å². The molecule has 2 aromatic heterocycles. The van der Waals surface area contributed by atoms with Gasteiger partial charge in [0, 0.05) is 17.8 Å². The lowest BCUT2D eigenvalue weighted by Crippen LogP contribution is -2.16. The van der Waals surface area contributed by atoms with E-state index in [1.807, 2.05) is 15.5 Å². The van der Waals surface area contributed by atoms with Crippen molar-refractivity contribution in [3.63, 3.8) is 0 Å². The molecule has 1 saturated carbocycles. The maximum atomic E-state index is 15.2. The fraction of sp³-hybridized carbons (Fsp3) is 0.208. The molecule has 0 unspecified atom stereocenters. The number of nitrogens with zero attached hydrogens (tertiary/aromatic N) is 3. The number of nitrogens with two attached hydrogens (primary N) is 1. The molecule has 0 radical (unpaired) electrons. The minimum absolute atomic E-state index is 0.234. The number of carboxylic acid groups (broad SMARTS) is 1. The van der Waals surface area contributed by atoms with Gasteiger partial charge in [0.1, 0.15) is 34.3 Å². The third-order valence-electron chi connectivity index (χ3n) is 6.42. The van der Waals surface area contributed by atoms with E-state index in [4.69, 9.17) is 22.4 Å². The van der Waals surface area contributed by atoms with Crippen molar-refractivity contribution in [2.45, 2.75) is 36.6 Å². The number of hydrogen-bond acceptors (Lipinski definition) is 6. The largest absolute Gasteiger partial charge is 0.478 e. The number of aromatic carboxylic acids is 1. The van der Waals surface area contributed by atoms with Gasteiger partial charge in [-0.1, -0.05) is 30.5 Å². The number of halogens is 3. The van der Waals surface area contributed by atoms with E-state index >= 15 is 4.39 Å². The van der Waals surface area contributed by atoms with E-state index in [0.29, 0.717) is 34.3 Å². The van der Waals surface area contributed by atoms with E-state index in [-0.39, 0.29) is 11.9 Å². The van der Waals surface area contributed by atoms with Crippen molar-refractivity contribution in [2.75, 3.05) is 10.5 Å². The van der Waals surface area contributed by atoms with Crippen molar-refractivity contribution in [3.05, 3.63) is 65.1 Å². The molecule has 0 atom stereocenters. The summed E-state index contributed by atoms with van der Waals surface area (Å²) in [7, 11) is -4.56.